The molecule has 1 aliphatic heterocycles. The molecule has 1 saturated carbocycles. The van der Waals surface area contributed by atoms with E-state index in [2.05, 4.69) is 11.9 Å². The molecule has 2 aliphatic rings. The molecule has 0 N–H and O–H groups in total. The number of nitrogens with zero attached hydrogens (tertiary/aromatic N) is 1. The maximum atomic E-state index is 12.2. The lowest BCUT2D eigenvalue weighted by atomic mass is 9.86. The van der Waals surface area contributed by atoms with Crippen LogP contribution in [0.1, 0.15) is 101 Å². The molecule has 0 spiro atoms. The van der Waals surface area contributed by atoms with Crippen LogP contribution in [-0.4, -0.2) is 63.1 Å². The maximum Gasteiger partial charge on any atom is 0.357 e. The van der Waals surface area contributed by atoms with E-state index in [0.717, 1.165) is 54.9 Å². The van der Waals surface area contributed by atoms with E-state index in [1.807, 2.05) is 0 Å². The zero-order chi connectivity index (χ0) is 27.4. The van der Waals surface area contributed by atoms with Crippen LogP contribution in [0.25, 0.3) is 0 Å². The van der Waals surface area contributed by atoms with E-state index < -0.39 is 22.2 Å². The number of unbranched alkanes of at least 4 members (excludes halogenated alkanes) is 5. The van der Waals surface area contributed by atoms with Crippen LogP contribution in [0.4, 0.5) is 0 Å². The largest absolute Gasteiger partial charge is 0.461 e. The van der Waals surface area contributed by atoms with Crippen molar-refractivity contribution in [2.75, 3.05) is 25.2 Å². The van der Waals surface area contributed by atoms with Crippen molar-refractivity contribution in [1.29, 1.82) is 0 Å². The summed E-state index contributed by atoms with van der Waals surface area (Å²) in [7, 11) is -3.60. The fourth-order valence-electron chi connectivity index (χ4n) is 5.50. The maximum absolute atomic E-state index is 12.2. The zero-order valence-electron chi connectivity index (χ0n) is 23.1. The molecule has 1 unspecified atom stereocenters. The highest BCUT2D eigenvalue weighted by molar-refractivity contribution is 8.01. The summed E-state index contributed by atoms with van der Waals surface area (Å²) in [5.41, 5.74) is 0.334. The van der Waals surface area contributed by atoms with E-state index >= 15 is 0 Å². The molecular formula is C27H45NO7S3. The average molecular weight is 592 g/mol. The summed E-state index contributed by atoms with van der Waals surface area (Å²) < 4.78 is 48.2. The van der Waals surface area contributed by atoms with Gasteiger partial charge in [-0.25, -0.2) is 9.78 Å². The second-order valence-electron chi connectivity index (χ2n) is 10.3. The van der Waals surface area contributed by atoms with E-state index in [1.54, 1.807) is 24.1 Å². The average Bonchev–Trinajstić information content (AvgIpc) is 3.46. The van der Waals surface area contributed by atoms with Crippen molar-refractivity contribution < 1.29 is 31.6 Å². The number of aromatic nitrogens is 1. The Morgan fingerprint density at radius 2 is 1.87 bits per heavy atom. The predicted octanol–water partition coefficient (Wildman–Crippen LogP) is 6.45. The standard InChI is InChI=1S/C27H45NO7S3/c1-4-6-7-8-9-10-13-20-21(15-17-36-27-28-22(19-37-27)26(29)32-5-2)24(35-38(3,30)31)18-23(20)34-25-14-11-12-16-33-25/h19-21,23-25H,4-18H2,1-3H3/t20-,21-,23-,24+,25?/m1/s1. The summed E-state index contributed by atoms with van der Waals surface area (Å²) in [6, 6.07) is 0. The van der Waals surface area contributed by atoms with E-state index in [-0.39, 0.29) is 24.2 Å². The summed E-state index contributed by atoms with van der Waals surface area (Å²) in [6.07, 6.45) is 13.1. The SMILES string of the molecule is CCCCCCCC[C@@H]1[C@@H](CCSc2nc(C(=O)OCC)cs2)[C@@H](OS(C)(=O)=O)C[C@H]1OC1CCCCO1. The topological polar surface area (TPSA) is 101 Å². The van der Waals surface area contributed by atoms with Crippen molar-refractivity contribution in [3.8, 4) is 0 Å². The Kier molecular flexibility index (Phi) is 13.8. The summed E-state index contributed by atoms with van der Waals surface area (Å²) in [5.74, 6) is 0.622. The molecule has 8 nitrogen and oxygen atoms in total. The van der Waals surface area contributed by atoms with Crippen molar-refractivity contribution in [1.82, 2.24) is 4.98 Å². The van der Waals surface area contributed by atoms with Gasteiger partial charge in [-0.05, 0) is 50.9 Å². The summed E-state index contributed by atoms with van der Waals surface area (Å²) in [5, 5.41) is 1.72. The first-order valence-corrected chi connectivity index (χ1v) is 17.9. The lowest BCUT2D eigenvalue weighted by Crippen LogP contribution is -2.31. The van der Waals surface area contributed by atoms with E-state index in [0.29, 0.717) is 25.3 Å². The number of thioether (sulfide) groups is 1. The van der Waals surface area contributed by atoms with Crippen LogP contribution >= 0.6 is 23.1 Å². The van der Waals surface area contributed by atoms with Crippen molar-refractivity contribution in [2.24, 2.45) is 11.8 Å². The van der Waals surface area contributed by atoms with Crippen molar-refractivity contribution in [3.05, 3.63) is 11.1 Å². The number of ether oxygens (including phenoxy) is 3. The van der Waals surface area contributed by atoms with Crippen LogP contribution in [0.2, 0.25) is 0 Å². The molecule has 11 heteroatoms. The third-order valence-corrected chi connectivity index (χ3v) is 9.92. The van der Waals surface area contributed by atoms with Gasteiger partial charge in [0.2, 0.25) is 0 Å². The highest BCUT2D eigenvalue weighted by Crippen LogP contribution is 2.44. The Bertz CT molecular complexity index is 933. The molecule has 0 aromatic carbocycles. The summed E-state index contributed by atoms with van der Waals surface area (Å²) in [4.78, 5) is 16.4. The number of carbonyl (C=O) groups is 1. The number of rotatable bonds is 17. The molecule has 218 valence electrons. The van der Waals surface area contributed by atoms with Gasteiger partial charge in [-0.3, -0.25) is 4.18 Å². The highest BCUT2D eigenvalue weighted by atomic mass is 32.2. The Balaban J connectivity index is 1.66. The molecule has 3 rings (SSSR count). The van der Waals surface area contributed by atoms with Crippen LogP contribution in [0.3, 0.4) is 0 Å². The molecule has 1 aromatic rings. The minimum absolute atomic E-state index is 0.0611. The van der Waals surface area contributed by atoms with Crippen LogP contribution in [0.15, 0.2) is 9.72 Å². The number of hydrogen-bond acceptors (Lipinski definition) is 10. The van der Waals surface area contributed by atoms with Gasteiger partial charge in [-0.1, -0.05) is 57.2 Å². The van der Waals surface area contributed by atoms with Gasteiger partial charge < -0.3 is 14.2 Å². The van der Waals surface area contributed by atoms with E-state index in [1.165, 1.54) is 43.4 Å². The number of thiazole rings is 1. The smallest absolute Gasteiger partial charge is 0.357 e. The van der Waals surface area contributed by atoms with E-state index in [9.17, 15) is 13.2 Å². The zero-order valence-corrected chi connectivity index (χ0v) is 25.5. The molecule has 2 fully saturated rings. The Labute approximate surface area is 237 Å². The van der Waals surface area contributed by atoms with Crippen molar-refractivity contribution >= 4 is 39.2 Å². The molecule has 0 bridgehead atoms. The first-order chi connectivity index (χ1) is 18.3. The summed E-state index contributed by atoms with van der Waals surface area (Å²) in [6.45, 7) is 5.03. The van der Waals surface area contributed by atoms with Crippen molar-refractivity contribution in [3.63, 3.8) is 0 Å². The van der Waals surface area contributed by atoms with Crippen LogP contribution in [0.5, 0.6) is 0 Å². The van der Waals surface area contributed by atoms with Gasteiger partial charge in [0.15, 0.2) is 16.3 Å². The lowest BCUT2D eigenvalue weighted by Gasteiger charge is -2.30. The molecule has 1 saturated heterocycles. The molecule has 0 amide bonds. The number of hydrogen-bond donors (Lipinski definition) is 0. The van der Waals surface area contributed by atoms with Gasteiger partial charge in [0.05, 0.1) is 25.1 Å². The molecule has 0 radical (unpaired) electrons. The molecular weight excluding hydrogens is 546 g/mol. The van der Waals surface area contributed by atoms with Gasteiger partial charge in [-0.15, -0.1) is 11.3 Å². The van der Waals surface area contributed by atoms with Gasteiger partial charge in [0.25, 0.3) is 10.1 Å². The highest BCUT2D eigenvalue weighted by Gasteiger charge is 2.46. The van der Waals surface area contributed by atoms with Gasteiger partial charge in [0, 0.05) is 24.2 Å². The normalized spacial score (nSPS) is 26.0. The number of carbonyl (C=O) groups excluding carboxylic acids is 1. The third-order valence-electron chi connectivity index (χ3n) is 7.27. The monoisotopic (exact) mass is 591 g/mol. The minimum atomic E-state index is -3.60. The summed E-state index contributed by atoms with van der Waals surface area (Å²) >= 11 is 3.02. The molecule has 1 aromatic heterocycles. The molecule has 38 heavy (non-hydrogen) atoms. The molecule has 2 heterocycles. The van der Waals surface area contributed by atoms with Crippen LogP contribution < -0.4 is 0 Å². The van der Waals surface area contributed by atoms with Gasteiger partial charge >= 0.3 is 5.97 Å². The van der Waals surface area contributed by atoms with Gasteiger partial charge in [0.1, 0.15) is 0 Å². The van der Waals surface area contributed by atoms with E-state index in [4.69, 9.17) is 18.4 Å². The van der Waals surface area contributed by atoms with Crippen molar-refractivity contribution in [2.45, 2.75) is 114 Å². The van der Waals surface area contributed by atoms with Gasteiger partial charge in [-0.2, -0.15) is 8.42 Å². The molecule has 1 aliphatic carbocycles. The minimum Gasteiger partial charge on any atom is -0.461 e. The quantitative estimate of drug-likeness (QED) is 0.0876. The third kappa shape index (κ3) is 10.7. The Morgan fingerprint density at radius 3 is 2.58 bits per heavy atom. The fraction of sp³-hybridized carbons (Fsp3) is 0.852. The van der Waals surface area contributed by atoms with Crippen LogP contribution in [-0.2, 0) is 28.5 Å². The second kappa shape index (κ2) is 16.5. The Morgan fingerprint density at radius 1 is 1.11 bits per heavy atom. The predicted molar refractivity (Wildman–Crippen MR) is 151 cm³/mol. The Hall–Kier alpha value is -0.720. The molecule has 5 atom stereocenters. The van der Waals surface area contributed by atoms with Crippen LogP contribution in [0, 0.1) is 11.8 Å². The fourth-order valence-corrected chi connectivity index (χ4v) is 8.08. The second-order valence-corrected chi connectivity index (χ2v) is 14.1. The number of esters is 1. The lowest BCUT2D eigenvalue weighted by molar-refractivity contribution is -0.196. The first kappa shape index (κ1) is 31.8. The first-order valence-electron chi connectivity index (χ1n) is 14.2.